The predicted molar refractivity (Wildman–Crippen MR) is 103 cm³/mol. The van der Waals surface area contributed by atoms with Crippen molar-refractivity contribution < 1.29 is 37.3 Å². The first kappa shape index (κ1) is 23.2. The average molecular weight is 454 g/mol. The van der Waals surface area contributed by atoms with Crippen LogP contribution in [0.4, 0.5) is 21.9 Å². The van der Waals surface area contributed by atoms with Gasteiger partial charge in [-0.25, -0.2) is 23.3 Å². The summed E-state index contributed by atoms with van der Waals surface area (Å²) in [6.45, 7) is -0.884. The minimum absolute atomic E-state index is 0.0916. The number of sulfonamides is 1. The Kier molecular flexibility index (Phi) is 6.83. The van der Waals surface area contributed by atoms with Gasteiger partial charge in [0.1, 0.15) is 0 Å². The lowest BCUT2D eigenvalue weighted by Crippen LogP contribution is -2.40. The first-order valence-corrected chi connectivity index (χ1v) is 9.59. The Morgan fingerprint density at radius 2 is 1.68 bits per heavy atom. The second-order valence-corrected chi connectivity index (χ2v) is 7.25. The maximum Gasteiger partial charge on any atom is 0.421 e. The van der Waals surface area contributed by atoms with E-state index in [1.165, 1.54) is 0 Å². The molecule has 0 aliphatic carbocycles. The molecule has 0 heterocycles. The normalized spacial score (nSPS) is 10.8. The standard InChI is InChI=1S/C16H14N4O10S/c1-29-16(22)18(10-2-5-12(6-3-10)31(17,27)28)15(21)9-30-14-7-4-11(19(23)24)8-13(14)20(25)26/h2-8H,9H2,1H3,(H2,17,27,28). The molecule has 2 aromatic rings. The summed E-state index contributed by atoms with van der Waals surface area (Å²) >= 11 is 0. The molecule has 2 aromatic carbocycles. The van der Waals surface area contributed by atoms with Crippen molar-refractivity contribution in [1.29, 1.82) is 0 Å². The Morgan fingerprint density at radius 1 is 1.06 bits per heavy atom. The zero-order valence-corrected chi connectivity index (χ0v) is 16.5. The number of rotatable bonds is 7. The molecule has 2 N–H and O–H groups in total. The number of hydrogen-bond acceptors (Lipinski definition) is 10. The highest BCUT2D eigenvalue weighted by molar-refractivity contribution is 7.89. The maximum absolute atomic E-state index is 12.5. The minimum atomic E-state index is -4.02. The molecular formula is C16H14N4O10S. The molecular weight excluding hydrogens is 440 g/mol. The topological polar surface area (TPSA) is 202 Å². The van der Waals surface area contributed by atoms with Gasteiger partial charge in [-0.3, -0.25) is 25.0 Å². The van der Waals surface area contributed by atoms with E-state index in [2.05, 4.69) is 4.74 Å². The summed E-state index contributed by atoms with van der Waals surface area (Å²) in [4.78, 5) is 45.0. The van der Waals surface area contributed by atoms with Gasteiger partial charge in [-0.1, -0.05) is 0 Å². The number of carbonyl (C=O) groups is 2. The number of benzene rings is 2. The van der Waals surface area contributed by atoms with Crippen LogP contribution in [0.1, 0.15) is 0 Å². The smallest absolute Gasteiger partial charge is 0.421 e. The summed E-state index contributed by atoms with van der Waals surface area (Å²) in [5, 5.41) is 26.9. The van der Waals surface area contributed by atoms with Crippen LogP contribution in [-0.2, 0) is 19.6 Å². The fraction of sp³-hybridized carbons (Fsp3) is 0.125. The van der Waals surface area contributed by atoms with Gasteiger partial charge in [0.05, 0.1) is 33.6 Å². The Morgan fingerprint density at radius 3 is 2.16 bits per heavy atom. The number of non-ortho nitro benzene ring substituents is 1. The van der Waals surface area contributed by atoms with Crippen molar-refractivity contribution in [2.45, 2.75) is 4.90 Å². The fourth-order valence-corrected chi connectivity index (χ4v) is 2.83. The van der Waals surface area contributed by atoms with E-state index in [1.807, 2.05) is 0 Å². The highest BCUT2D eigenvalue weighted by Gasteiger charge is 2.27. The second kappa shape index (κ2) is 9.14. The third kappa shape index (κ3) is 5.49. The average Bonchev–Trinajstić information content (AvgIpc) is 2.71. The molecule has 2 rings (SSSR count). The van der Waals surface area contributed by atoms with Crippen molar-refractivity contribution in [2.75, 3.05) is 18.6 Å². The van der Waals surface area contributed by atoms with E-state index in [1.54, 1.807) is 0 Å². The molecule has 0 spiro atoms. The van der Waals surface area contributed by atoms with Crippen molar-refractivity contribution in [1.82, 2.24) is 0 Å². The van der Waals surface area contributed by atoms with Crippen molar-refractivity contribution >= 4 is 39.1 Å². The van der Waals surface area contributed by atoms with Gasteiger partial charge in [-0.2, -0.15) is 0 Å². The Hall–Kier alpha value is -4.11. The van der Waals surface area contributed by atoms with Gasteiger partial charge < -0.3 is 9.47 Å². The zero-order chi connectivity index (χ0) is 23.3. The zero-order valence-electron chi connectivity index (χ0n) is 15.7. The number of nitrogens with two attached hydrogens (primary N) is 1. The first-order chi connectivity index (χ1) is 14.5. The molecule has 0 aliphatic heterocycles. The number of nitro groups is 2. The Balaban J connectivity index is 2.29. The molecule has 0 aromatic heterocycles. The number of methoxy groups -OCH3 is 1. The van der Waals surface area contributed by atoms with Gasteiger partial charge >= 0.3 is 11.8 Å². The lowest BCUT2D eigenvalue weighted by molar-refractivity contribution is -0.394. The third-order valence-corrected chi connectivity index (χ3v) is 4.66. The van der Waals surface area contributed by atoms with Crippen molar-refractivity contribution in [3.63, 3.8) is 0 Å². The number of ether oxygens (including phenoxy) is 2. The summed E-state index contributed by atoms with van der Waals surface area (Å²) < 4.78 is 32.3. The van der Waals surface area contributed by atoms with Crippen LogP contribution in [0.5, 0.6) is 5.75 Å². The largest absolute Gasteiger partial charge is 0.477 e. The summed E-state index contributed by atoms with van der Waals surface area (Å²) in [5.41, 5.74) is -1.41. The molecule has 0 atom stereocenters. The number of imide groups is 1. The molecule has 0 radical (unpaired) electrons. The predicted octanol–water partition coefficient (Wildman–Crippen LogP) is 1.33. The molecule has 31 heavy (non-hydrogen) atoms. The van der Waals surface area contributed by atoms with Crippen LogP contribution in [0.25, 0.3) is 0 Å². The van der Waals surface area contributed by atoms with Gasteiger partial charge in [0.15, 0.2) is 12.4 Å². The molecule has 164 valence electrons. The van der Waals surface area contributed by atoms with E-state index < -0.39 is 55.6 Å². The number of carbonyl (C=O) groups excluding carboxylic acids is 2. The van der Waals surface area contributed by atoms with Gasteiger partial charge in [0, 0.05) is 6.07 Å². The number of amides is 2. The lowest BCUT2D eigenvalue weighted by Gasteiger charge is -2.19. The van der Waals surface area contributed by atoms with Crippen LogP contribution >= 0.6 is 0 Å². The summed E-state index contributed by atoms with van der Waals surface area (Å²) in [5.74, 6) is -1.47. The fourth-order valence-electron chi connectivity index (χ4n) is 2.32. The minimum Gasteiger partial charge on any atom is -0.477 e. The van der Waals surface area contributed by atoms with Crippen LogP contribution in [0, 0.1) is 20.2 Å². The third-order valence-electron chi connectivity index (χ3n) is 3.73. The molecule has 0 unspecified atom stereocenters. The Bertz CT molecular complexity index is 1150. The number of anilines is 1. The van der Waals surface area contributed by atoms with E-state index in [9.17, 15) is 38.2 Å². The van der Waals surface area contributed by atoms with Gasteiger partial charge in [-0.05, 0) is 30.3 Å². The molecule has 0 aliphatic rings. The quantitative estimate of drug-likeness (QED) is 0.469. The molecule has 0 saturated carbocycles. The molecule has 14 nitrogen and oxygen atoms in total. The summed E-state index contributed by atoms with van der Waals surface area (Å²) in [6, 6.07) is 6.87. The van der Waals surface area contributed by atoms with Crippen LogP contribution in [0.15, 0.2) is 47.4 Å². The van der Waals surface area contributed by atoms with E-state index in [0.29, 0.717) is 11.0 Å². The monoisotopic (exact) mass is 454 g/mol. The molecule has 0 saturated heterocycles. The van der Waals surface area contributed by atoms with Crippen molar-refractivity contribution in [3.8, 4) is 5.75 Å². The van der Waals surface area contributed by atoms with Crippen LogP contribution in [0.2, 0.25) is 0 Å². The van der Waals surface area contributed by atoms with Gasteiger partial charge in [0.25, 0.3) is 11.6 Å². The van der Waals surface area contributed by atoms with Crippen molar-refractivity contribution in [2.24, 2.45) is 5.14 Å². The lowest BCUT2D eigenvalue weighted by atomic mass is 10.2. The summed E-state index contributed by atoms with van der Waals surface area (Å²) in [6.07, 6.45) is -1.14. The molecule has 0 bridgehead atoms. The van der Waals surface area contributed by atoms with Crippen molar-refractivity contribution in [3.05, 3.63) is 62.7 Å². The maximum atomic E-state index is 12.5. The van der Waals surface area contributed by atoms with Crippen LogP contribution in [-0.4, -0.2) is 44.0 Å². The highest BCUT2D eigenvalue weighted by Crippen LogP contribution is 2.31. The molecule has 2 amide bonds. The van der Waals surface area contributed by atoms with Gasteiger partial charge in [-0.15, -0.1) is 0 Å². The number of nitro benzene ring substituents is 2. The van der Waals surface area contributed by atoms with E-state index >= 15 is 0 Å². The molecule has 15 heteroatoms. The first-order valence-electron chi connectivity index (χ1n) is 8.05. The number of primary sulfonamides is 1. The van der Waals surface area contributed by atoms with Gasteiger partial charge in [0.2, 0.25) is 10.0 Å². The van der Waals surface area contributed by atoms with E-state index in [0.717, 1.165) is 43.5 Å². The Labute approximate surface area is 174 Å². The number of nitrogens with zero attached hydrogens (tertiary/aromatic N) is 3. The summed E-state index contributed by atoms with van der Waals surface area (Å²) in [7, 11) is -3.03. The van der Waals surface area contributed by atoms with Crippen LogP contribution < -0.4 is 14.8 Å². The highest BCUT2D eigenvalue weighted by atomic mass is 32.2. The van der Waals surface area contributed by atoms with E-state index in [-0.39, 0.29) is 10.6 Å². The number of hydrogen-bond donors (Lipinski definition) is 1. The SMILES string of the molecule is COC(=O)N(C(=O)COc1ccc([N+](=O)[O-])cc1[N+](=O)[O-])c1ccc(S(N)(=O)=O)cc1. The van der Waals surface area contributed by atoms with Crippen LogP contribution in [0.3, 0.4) is 0 Å². The second-order valence-electron chi connectivity index (χ2n) is 5.69. The van der Waals surface area contributed by atoms with E-state index in [4.69, 9.17) is 9.88 Å². The molecule has 0 fully saturated rings.